The van der Waals surface area contributed by atoms with E-state index in [1.165, 1.54) is 0 Å². The first-order valence-corrected chi connectivity index (χ1v) is 14.7. The van der Waals surface area contributed by atoms with Crippen LogP contribution < -0.4 is 0 Å². The summed E-state index contributed by atoms with van der Waals surface area (Å²) in [6.45, 7) is 0. The predicted octanol–water partition coefficient (Wildman–Crippen LogP) is 9.91. The van der Waals surface area contributed by atoms with Gasteiger partial charge in [-0.2, -0.15) is 0 Å². The maximum absolute atomic E-state index is 5.39. The molecule has 0 spiro atoms. The number of nitrogens with zero attached hydrogens (tertiary/aromatic N) is 4. The second kappa shape index (κ2) is 11.0. The van der Waals surface area contributed by atoms with Crippen molar-refractivity contribution in [2.45, 2.75) is 0 Å². The van der Waals surface area contributed by atoms with Gasteiger partial charge in [-0.15, -0.1) is 0 Å². The first-order valence-electron chi connectivity index (χ1n) is 14.7. The monoisotopic (exact) mass is 562 g/mol. The molecule has 4 nitrogen and oxygen atoms in total. The van der Waals surface area contributed by atoms with Gasteiger partial charge in [-0.3, -0.25) is 0 Å². The number of aromatic nitrogens is 4. The summed E-state index contributed by atoms with van der Waals surface area (Å²) in [4.78, 5) is 20.4. The number of hydrogen-bond donors (Lipinski definition) is 0. The molecule has 0 amide bonds. The average molecular weight is 563 g/mol. The fourth-order valence-corrected chi connectivity index (χ4v) is 5.86. The summed E-state index contributed by atoms with van der Waals surface area (Å²) >= 11 is 0. The van der Waals surface area contributed by atoms with Crippen molar-refractivity contribution in [2.24, 2.45) is 0 Å². The summed E-state index contributed by atoms with van der Waals surface area (Å²) in [5.41, 5.74) is 7.89. The van der Waals surface area contributed by atoms with Crippen LogP contribution in [0.4, 0.5) is 0 Å². The minimum absolute atomic E-state index is 0.589. The zero-order valence-corrected chi connectivity index (χ0v) is 23.8. The van der Waals surface area contributed by atoms with Gasteiger partial charge in [-0.25, -0.2) is 19.9 Å². The van der Waals surface area contributed by atoms with Crippen molar-refractivity contribution >= 4 is 21.7 Å². The van der Waals surface area contributed by atoms with Gasteiger partial charge in [0.15, 0.2) is 17.5 Å². The van der Waals surface area contributed by atoms with Crippen LogP contribution in [0.15, 0.2) is 158 Å². The fourth-order valence-electron chi connectivity index (χ4n) is 5.86. The highest BCUT2D eigenvalue weighted by atomic mass is 15.0. The average Bonchev–Trinajstić information content (AvgIpc) is 3.12. The standard InChI is InChI=1S/C40H26N4/c1-5-15-27(16-6-1)31-23-13-24-32-35(31)33-25-14-26-34(37(33)41-36(32)28-17-7-2-8-18-28)40-43-38(29-19-9-3-10-20-29)42-39(44-40)30-21-11-4-12-22-30/h1-26H. The molecule has 0 bridgehead atoms. The van der Waals surface area contributed by atoms with Gasteiger partial charge in [0.05, 0.1) is 11.2 Å². The molecular formula is C40H26N4. The minimum atomic E-state index is 0.589. The number of para-hydroxylation sites is 1. The lowest BCUT2D eigenvalue weighted by atomic mass is 9.92. The van der Waals surface area contributed by atoms with Crippen molar-refractivity contribution in [1.29, 1.82) is 0 Å². The Bertz CT molecular complexity index is 2190. The highest BCUT2D eigenvalue weighted by Crippen LogP contribution is 2.41. The fraction of sp³-hybridized carbons (Fsp3) is 0. The highest BCUT2D eigenvalue weighted by Gasteiger charge is 2.19. The quantitative estimate of drug-likeness (QED) is 0.196. The van der Waals surface area contributed by atoms with E-state index in [1.807, 2.05) is 66.7 Å². The lowest BCUT2D eigenvalue weighted by Crippen LogP contribution is -2.01. The third-order valence-electron chi connectivity index (χ3n) is 7.92. The Morgan fingerprint density at radius 2 is 0.750 bits per heavy atom. The Balaban J connectivity index is 1.47. The summed E-state index contributed by atoms with van der Waals surface area (Å²) in [5.74, 6) is 1.84. The second-order valence-electron chi connectivity index (χ2n) is 10.7. The molecule has 0 aliphatic carbocycles. The van der Waals surface area contributed by atoms with E-state index in [2.05, 4.69) is 91.0 Å². The van der Waals surface area contributed by atoms with Crippen LogP contribution in [-0.2, 0) is 0 Å². The van der Waals surface area contributed by atoms with Crippen LogP contribution in [0.2, 0.25) is 0 Å². The third kappa shape index (κ3) is 4.59. The molecule has 0 radical (unpaired) electrons. The van der Waals surface area contributed by atoms with Crippen LogP contribution in [0.5, 0.6) is 0 Å². The Morgan fingerprint density at radius 1 is 0.295 bits per heavy atom. The smallest absolute Gasteiger partial charge is 0.166 e. The predicted molar refractivity (Wildman–Crippen MR) is 180 cm³/mol. The molecule has 6 aromatic carbocycles. The highest BCUT2D eigenvalue weighted by molar-refractivity contribution is 6.19. The van der Waals surface area contributed by atoms with E-state index in [4.69, 9.17) is 19.9 Å². The van der Waals surface area contributed by atoms with Crippen molar-refractivity contribution < 1.29 is 0 Å². The molecule has 0 aliphatic rings. The van der Waals surface area contributed by atoms with E-state index in [0.29, 0.717) is 17.5 Å². The van der Waals surface area contributed by atoms with Crippen LogP contribution in [0.1, 0.15) is 0 Å². The van der Waals surface area contributed by atoms with Crippen LogP contribution in [0.25, 0.3) is 78.2 Å². The van der Waals surface area contributed by atoms with E-state index >= 15 is 0 Å². The van der Waals surface area contributed by atoms with Crippen LogP contribution in [0.3, 0.4) is 0 Å². The summed E-state index contributed by atoms with van der Waals surface area (Å²) in [7, 11) is 0. The number of benzene rings is 6. The first kappa shape index (κ1) is 25.7. The number of hydrogen-bond acceptors (Lipinski definition) is 4. The van der Waals surface area contributed by atoms with Crippen LogP contribution in [-0.4, -0.2) is 19.9 Å². The Hall–Kier alpha value is -6.00. The Kier molecular flexibility index (Phi) is 6.43. The molecule has 0 atom stereocenters. The summed E-state index contributed by atoms with van der Waals surface area (Å²) in [5, 5.41) is 3.32. The van der Waals surface area contributed by atoms with E-state index in [-0.39, 0.29) is 0 Å². The Morgan fingerprint density at radius 3 is 1.32 bits per heavy atom. The molecule has 8 rings (SSSR count). The van der Waals surface area contributed by atoms with Gasteiger partial charge in [0.25, 0.3) is 0 Å². The molecule has 2 aromatic heterocycles. The largest absolute Gasteiger partial charge is 0.246 e. The van der Waals surface area contributed by atoms with Gasteiger partial charge >= 0.3 is 0 Å². The van der Waals surface area contributed by atoms with Gasteiger partial charge < -0.3 is 0 Å². The molecule has 0 unspecified atom stereocenters. The zero-order valence-electron chi connectivity index (χ0n) is 23.8. The second-order valence-corrected chi connectivity index (χ2v) is 10.7. The van der Waals surface area contributed by atoms with Gasteiger partial charge in [-0.05, 0) is 17.2 Å². The maximum Gasteiger partial charge on any atom is 0.166 e. The van der Waals surface area contributed by atoms with Crippen molar-refractivity contribution in [3.05, 3.63) is 158 Å². The molecule has 206 valence electrons. The molecule has 0 N–H and O–H groups in total. The van der Waals surface area contributed by atoms with Crippen molar-refractivity contribution in [3.8, 4) is 56.5 Å². The van der Waals surface area contributed by atoms with Gasteiger partial charge in [0.2, 0.25) is 0 Å². The van der Waals surface area contributed by atoms with Crippen molar-refractivity contribution in [1.82, 2.24) is 19.9 Å². The van der Waals surface area contributed by atoms with E-state index in [1.54, 1.807) is 0 Å². The number of pyridine rings is 1. The molecule has 0 saturated carbocycles. The maximum atomic E-state index is 5.39. The summed E-state index contributed by atoms with van der Waals surface area (Å²) in [6.07, 6.45) is 0. The first-order chi connectivity index (χ1) is 21.8. The molecule has 8 aromatic rings. The lowest BCUT2D eigenvalue weighted by molar-refractivity contribution is 1.07. The van der Waals surface area contributed by atoms with Gasteiger partial charge in [-0.1, -0.05) is 152 Å². The van der Waals surface area contributed by atoms with Crippen LogP contribution in [0, 0.1) is 0 Å². The van der Waals surface area contributed by atoms with E-state index in [0.717, 1.165) is 60.8 Å². The molecule has 4 heteroatoms. The summed E-state index contributed by atoms with van der Waals surface area (Å²) in [6, 6.07) is 53.9. The van der Waals surface area contributed by atoms with Gasteiger partial charge in [0.1, 0.15) is 0 Å². The molecule has 44 heavy (non-hydrogen) atoms. The lowest BCUT2D eigenvalue weighted by Gasteiger charge is -2.16. The van der Waals surface area contributed by atoms with Crippen LogP contribution >= 0.6 is 0 Å². The van der Waals surface area contributed by atoms with Crippen molar-refractivity contribution in [2.75, 3.05) is 0 Å². The van der Waals surface area contributed by atoms with E-state index < -0.39 is 0 Å². The molecule has 2 heterocycles. The third-order valence-corrected chi connectivity index (χ3v) is 7.92. The molecule has 0 aliphatic heterocycles. The minimum Gasteiger partial charge on any atom is -0.246 e. The Labute approximate surface area is 255 Å². The zero-order chi connectivity index (χ0) is 29.3. The summed E-state index contributed by atoms with van der Waals surface area (Å²) < 4.78 is 0. The van der Waals surface area contributed by atoms with Gasteiger partial charge in [0, 0.05) is 38.4 Å². The molecule has 0 saturated heterocycles. The normalized spacial score (nSPS) is 11.2. The topological polar surface area (TPSA) is 51.6 Å². The SMILES string of the molecule is c1ccc(-c2nc(-c3ccccc3)nc(-c3cccc4c3nc(-c3ccccc3)c3cccc(-c5ccccc5)c34)n2)cc1. The van der Waals surface area contributed by atoms with E-state index in [9.17, 15) is 0 Å². The number of rotatable bonds is 5. The van der Waals surface area contributed by atoms with Crippen molar-refractivity contribution in [3.63, 3.8) is 0 Å². The number of fused-ring (bicyclic) bond motifs is 3. The molecule has 0 fully saturated rings. The molecular weight excluding hydrogens is 536 g/mol.